The minimum Gasteiger partial charge on any atom is -0.493 e. The lowest BCUT2D eigenvalue weighted by atomic mass is 10.0. The summed E-state index contributed by atoms with van der Waals surface area (Å²) in [6.45, 7) is 7.26. The molecule has 1 aromatic carbocycles. The van der Waals surface area contributed by atoms with E-state index in [1.807, 2.05) is 24.4 Å². The van der Waals surface area contributed by atoms with Crippen LogP contribution in [0.15, 0.2) is 42.7 Å². The number of hydrogen-bond donors (Lipinski definition) is 1. The van der Waals surface area contributed by atoms with E-state index < -0.39 is 0 Å². The molecule has 0 amide bonds. The van der Waals surface area contributed by atoms with Crippen molar-refractivity contribution in [2.24, 2.45) is 0 Å². The van der Waals surface area contributed by atoms with Gasteiger partial charge in [0.1, 0.15) is 6.61 Å². The van der Waals surface area contributed by atoms with Crippen LogP contribution in [0.2, 0.25) is 0 Å². The lowest BCUT2D eigenvalue weighted by molar-refractivity contribution is 0.195. The highest BCUT2D eigenvalue weighted by atomic mass is 16.5. The van der Waals surface area contributed by atoms with Gasteiger partial charge in [-0.1, -0.05) is 25.5 Å². The van der Waals surface area contributed by atoms with Gasteiger partial charge in [-0.3, -0.25) is 4.98 Å². The van der Waals surface area contributed by atoms with Crippen molar-refractivity contribution in [3.63, 3.8) is 0 Å². The molecule has 0 saturated carbocycles. The maximum Gasteiger partial charge on any atom is 0.161 e. The van der Waals surface area contributed by atoms with Crippen molar-refractivity contribution in [3.05, 3.63) is 53.9 Å². The lowest BCUT2D eigenvalue weighted by Crippen LogP contribution is -2.42. The van der Waals surface area contributed by atoms with Gasteiger partial charge in [-0.2, -0.15) is 0 Å². The minimum atomic E-state index is 0.483. The van der Waals surface area contributed by atoms with Gasteiger partial charge < -0.3 is 19.7 Å². The number of hydrogen-bond acceptors (Lipinski definition) is 5. The molecule has 28 heavy (non-hydrogen) atoms. The molecule has 5 nitrogen and oxygen atoms in total. The fourth-order valence-corrected chi connectivity index (χ4v) is 3.59. The summed E-state index contributed by atoms with van der Waals surface area (Å²) in [6, 6.07) is 10.7. The van der Waals surface area contributed by atoms with E-state index in [0.717, 1.165) is 23.6 Å². The predicted octanol–water partition coefficient (Wildman–Crippen LogP) is 4.02. The predicted molar refractivity (Wildman–Crippen MR) is 113 cm³/mol. The molecule has 1 N–H and O–H groups in total. The van der Waals surface area contributed by atoms with Gasteiger partial charge in [-0.25, -0.2) is 0 Å². The van der Waals surface area contributed by atoms with E-state index in [1.54, 1.807) is 13.3 Å². The maximum atomic E-state index is 6.00. The lowest BCUT2D eigenvalue weighted by Gasteiger charge is -2.32. The van der Waals surface area contributed by atoms with Gasteiger partial charge in [0.2, 0.25) is 0 Å². The number of pyridine rings is 1. The van der Waals surface area contributed by atoms with Gasteiger partial charge in [0.25, 0.3) is 0 Å². The summed E-state index contributed by atoms with van der Waals surface area (Å²) in [4.78, 5) is 6.73. The second-order valence-electron chi connectivity index (χ2n) is 7.49. The zero-order valence-corrected chi connectivity index (χ0v) is 17.2. The molecule has 0 unspecified atom stereocenters. The fraction of sp³-hybridized carbons (Fsp3) is 0.522. The number of piperidine rings is 1. The van der Waals surface area contributed by atoms with Crippen molar-refractivity contribution in [2.45, 2.75) is 51.8 Å². The van der Waals surface area contributed by atoms with Gasteiger partial charge in [-0.05, 0) is 62.7 Å². The van der Waals surface area contributed by atoms with Crippen molar-refractivity contribution in [1.82, 2.24) is 15.2 Å². The topological polar surface area (TPSA) is 46.6 Å². The van der Waals surface area contributed by atoms with Crippen LogP contribution in [0, 0.1) is 0 Å². The molecule has 0 atom stereocenters. The molecule has 0 aliphatic carbocycles. The first-order valence-corrected chi connectivity index (χ1v) is 10.4. The second-order valence-corrected chi connectivity index (χ2v) is 7.49. The Morgan fingerprint density at radius 1 is 1.14 bits per heavy atom. The number of aromatic nitrogens is 1. The van der Waals surface area contributed by atoms with Crippen LogP contribution in [0.4, 0.5) is 0 Å². The summed E-state index contributed by atoms with van der Waals surface area (Å²) in [6.07, 6.45) is 8.64. The average Bonchev–Trinajstić information content (AvgIpc) is 2.76. The SMILES string of the molecule is CCCCN1CCC(NCc2ccc(OC)c(OCc3cccnc3)c2)CC1. The molecule has 1 aromatic heterocycles. The van der Waals surface area contributed by atoms with E-state index >= 15 is 0 Å². The molecular formula is C23H33N3O2. The number of ether oxygens (including phenoxy) is 2. The Bertz CT molecular complexity index is 700. The zero-order valence-electron chi connectivity index (χ0n) is 17.2. The highest BCUT2D eigenvalue weighted by molar-refractivity contribution is 5.43. The summed E-state index contributed by atoms with van der Waals surface area (Å²) >= 11 is 0. The molecule has 152 valence electrons. The smallest absolute Gasteiger partial charge is 0.161 e. The largest absolute Gasteiger partial charge is 0.493 e. The third kappa shape index (κ3) is 6.21. The van der Waals surface area contributed by atoms with Gasteiger partial charge in [0.15, 0.2) is 11.5 Å². The number of likely N-dealkylation sites (tertiary alicyclic amines) is 1. The molecule has 0 radical (unpaired) electrons. The van der Waals surface area contributed by atoms with E-state index in [0.29, 0.717) is 12.6 Å². The number of nitrogens with zero attached hydrogens (tertiary/aromatic N) is 2. The molecule has 2 heterocycles. The number of unbranched alkanes of at least 4 members (excludes halogenated alkanes) is 1. The Morgan fingerprint density at radius 3 is 2.71 bits per heavy atom. The van der Waals surface area contributed by atoms with Crippen molar-refractivity contribution in [2.75, 3.05) is 26.7 Å². The molecular weight excluding hydrogens is 350 g/mol. The molecule has 5 heteroatoms. The zero-order chi connectivity index (χ0) is 19.6. The van der Waals surface area contributed by atoms with Crippen LogP contribution in [0.1, 0.15) is 43.7 Å². The first-order valence-electron chi connectivity index (χ1n) is 10.4. The van der Waals surface area contributed by atoms with Crippen LogP contribution in [0.3, 0.4) is 0 Å². The standard InChI is InChI=1S/C23H33N3O2/c1-3-4-12-26-13-9-21(10-14-26)25-17-19-7-8-22(27-2)23(15-19)28-18-20-6-5-11-24-16-20/h5-8,11,15-16,21,25H,3-4,9-10,12-14,17-18H2,1-2H3. The first-order chi connectivity index (χ1) is 13.8. The molecule has 1 saturated heterocycles. The van der Waals surface area contributed by atoms with Crippen LogP contribution in [-0.2, 0) is 13.2 Å². The van der Waals surface area contributed by atoms with Crippen LogP contribution in [-0.4, -0.2) is 42.7 Å². The highest BCUT2D eigenvalue weighted by Gasteiger charge is 2.18. The summed E-state index contributed by atoms with van der Waals surface area (Å²) in [5.41, 5.74) is 2.26. The summed E-state index contributed by atoms with van der Waals surface area (Å²) in [7, 11) is 1.68. The molecule has 1 aliphatic heterocycles. The Labute approximate surface area is 169 Å². The van der Waals surface area contributed by atoms with Gasteiger partial charge in [-0.15, -0.1) is 0 Å². The van der Waals surface area contributed by atoms with E-state index in [4.69, 9.17) is 9.47 Å². The number of rotatable bonds is 10. The highest BCUT2D eigenvalue weighted by Crippen LogP contribution is 2.29. The van der Waals surface area contributed by atoms with E-state index in [2.05, 4.69) is 34.3 Å². The fourth-order valence-electron chi connectivity index (χ4n) is 3.59. The number of methoxy groups -OCH3 is 1. The van der Waals surface area contributed by atoms with Gasteiger partial charge in [0.05, 0.1) is 7.11 Å². The quantitative estimate of drug-likeness (QED) is 0.671. The summed E-state index contributed by atoms with van der Waals surface area (Å²) in [5, 5.41) is 3.72. The third-order valence-electron chi connectivity index (χ3n) is 5.36. The summed E-state index contributed by atoms with van der Waals surface area (Å²) < 4.78 is 11.5. The summed E-state index contributed by atoms with van der Waals surface area (Å²) in [5.74, 6) is 1.54. The Morgan fingerprint density at radius 2 is 2.00 bits per heavy atom. The van der Waals surface area contributed by atoms with Crippen molar-refractivity contribution < 1.29 is 9.47 Å². The van der Waals surface area contributed by atoms with Crippen molar-refractivity contribution >= 4 is 0 Å². The Hall–Kier alpha value is -2.11. The van der Waals surface area contributed by atoms with E-state index in [-0.39, 0.29) is 0 Å². The van der Waals surface area contributed by atoms with Crippen LogP contribution in [0.25, 0.3) is 0 Å². The van der Waals surface area contributed by atoms with E-state index in [1.165, 1.54) is 50.9 Å². The maximum absolute atomic E-state index is 6.00. The van der Waals surface area contributed by atoms with Crippen molar-refractivity contribution in [1.29, 1.82) is 0 Å². The molecule has 2 aromatic rings. The first kappa shape index (κ1) is 20.6. The monoisotopic (exact) mass is 383 g/mol. The van der Waals surface area contributed by atoms with Crippen molar-refractivity contribution in [3.8, 4) is 11.5 Å². The van der Waals surface area contributed by atoms with Gasteiger partial charge in [0, 0.05) is 30.5 Å². The number of benzene rings is 1. The Kier molecular flexibility index (Phi) is 8.12. The van der Waals surface area contributed by atoms with E-state index in [9.17, 15) is 0 Å². The van der Waals surface area contributed by atoms with Gasteiger partial charge >= 0.3 is 0 Å². The molecule has 1 aliphatic rings. The number of nitrogens with one attached hydrogen (secondary N) is 1. The van der Waals surface area contributed by atoms with Crippen LogP contribution in [0.5, 0.6) is 11.5 Å². The third-order valence-corrected chi connectivity index (χ3v) is 5.36. The van der Waals surface area contributed by atoms with Crippen LogP contribution >= 0.6 is 0 Å². The molecule has 0 bridgehead atoms. The minimum absolute atomic E-state index is 0.483. The second kappa shape index (κ2) is 11.0. The molecule has 3 rings (SSSR count). The van der Waals surface area contributed by atoms with Crippen LogP contribution < -0.4 is 14.8 Å². The average molecular weight is 384 g/mol. The Balaban J connectivity index is 1.50. The molecule has 1 fully saturated rings. The molecule has 0 spiro atoms. The normalized spacial score (nSPS) is 15.5.